The van der Waals surface area contributed by atoms with Crippen LogP contribution in [0.4, 0.5) is 11.4 Å². The lowest BCUT2D eigenvalue weighted by molar-refractivity contribution is -0.384. The largest absolute Gasteiger partial charge is 0.451 e. The topological polar surface area (TPSA) is 89.8 Å². The number of Topliss-reactive ketones (excluding diaryl/α,β-unsaturated/α-hetero) is 1. The SMILES string of the molecule is C[C@H](OC(=O)c1ccc(N2CCCCC2)c([N+](=O)[O-])c1)C(=O)c1ccc(Cl)cc1. The summed E-state index contributed by atoms with van der Waals surface area (Å²) in [7, 11) is 0. The summed E-state index contributed by atoms with van der Waals surface area (Å²) in [4.78, 5) is 37.9. The molecule has 0 N–H and O–H groups in total. The molecule has 1 aliphatic heterocycles. The van der Waals surface area contributed by atoms with E-state index >= 15 is 0 Å². The van der Waals surface area contributed by atoms with Crippen molar-refractivity contribution >= 4 is 34.7 Å². The van der Waals surface area contributed by atoms with Gasteiger partial charge >= 0.3 is 5.97 Å². The molecule has 29 heavy (non-hydrogen) atoms. The molecule has 0 radical (unpaired) electrons. The van der Waals surface area contributed by atoms with E-state index in [4.69, 9.17) is 16.3 Å². The number of nitro groups is 1. The predicted octanol–water partition coefficient (Wildman–Crippen LogP) is 4.67. The van der Waals surface area contributed by atoms with Crippen LogP contribution in [0.5, 0.6) is 0 Å². The third-order valence-corrected chi connectivity index (χ3v) is 5.14. The highest BCUT2D eigenvalue weighted by Crippen LogP contribution is 2.31. The van der Waals surface area contributed by atoms with E-state index < -0.39 is 17.0 Å². The van der Waals surface area contributed by atoms with Gasteiger partial charge in [0.2, 0.25) is 5.78 Å². The van der Waals surface area contributed by atoms with Gasteiger partial charge in [-0.3, -0.25) is 14.9 Å². The number of halogens is 1. The number of nitro benzene ring substituents is 1. The molecule has 1 atom stereocenters. The number of nitrogens with zero attached hydrogens (tertiary/aromatic N) is 2. The van der Waals surface area contributed by atoms with Gasteiger partial charge in [0.25, 0.3) is 5.69 Å². The van der Waals surface area contributed by atoms with Gasteiger partial charge in [-0.2, -0.15) is 0 Å². The first-order valence-electron chi connectivity index (χ1n) is 9.41. The molecular weight excluding hydrogens is 396 g/mol. The Balaban J connectivity index is 1.76. The summed E-state index contributed by atoms with van der Waals surface area (Å²) in [6.45, 7) is 2.96. The summed E-state index contributed by atoms with van der Waals surface area (Å²) in [5, 5.41) is 12.0. The summed E-state index contributed by atoms with van der Waals surface area (Å²) in [5.74, 6) is -1.16. The van der Waals surface area contributed by atoms with Crippen molar-refractivity contribution in [2.45, 2.75) is 32.3 Å². The highest BCUT2D eigenvalue weighted by Gasteiger charge is 2.25. The summed E-state index contributed by atoms with van der Waals surface area (Å²) in [5.41, 5.74) is 0.754. The van der Waals surface area contributed by atoms with Crippen LogP contribution < -0.4 is 4.90 Å². The van der Waals surface area contributed by atoms with E-state index in [1.807, 2.05) is 4.90 Å². The van der Waals surface area contributed by atoms with E-state index in [2.05, 4.69) is 0 Å². The van der Waals surface area contributed by atoms with Crippen LogP contribution >= 0.6 is 11.6 Å². The van der Waals surface area contributed by atoms with Crippen molar-refractivity contribution in [3.05, 3.63) is 68.7 Å². The molecule has 1 heterocycles. The van der Waals surface area contributed by atoms with E-state index in [0.29, 0.717) is 16.3 Å². The molecule has 1 saturated heterocycles. The van der Waals surface area contributed by atoms with E-state index in [0.717, 1.165) is 32.4 Å². The minimum Gasteiger partial charge on any atom is -0.451 e. The first-order valence-corrected chi connectivity index (χ1v) is 9.79. The first-order chi connectivity index (χ1) is 13.9. The van der Waals surface area contributed by atoms with Gasteiger partial charge in [-0.05, 0) is 62.6 Å². The Morgan fingerprint density at radius 1 is 1.07 bits per heavy atom. The van der Waals surface area contributed by atoms with Gasteiger partial charge in [-0.1, -0.05) is 11.6 Å². The van der Waals surface area contributed by atoms with Crippen molar-refractivity contribution in [1.82, 2.24) is 0 Å². The fourth-order valence-corrected chi connectivity index (χ4v) is 3.46. The number of hydrogen-bond donors (Lipinski definition) is 0. The third-order valence-electron chi connectivity index (χ3n) is 4.89. The summed E-state index contributed by atoms with van der Waals surface area (Å²) >= 11 is 5.81. The van der Waals surface area contributed by atoms with Crippen LogP contribution in [-0.2, 0) is 4.74 Å². The second-order valence-electron chi connectivity index (χ2n) is 6.93. The van der Waals surface area contributed by atoms with Crippen LogP contribution in [0.3, 0.4) is 0 Å². The molecule has 0 amide bonds. The molecule has 2 aromatic carbocycles. The van der Waals surface area contributed by atoms with Crippen molar-refractivity contribution in [2.75, 3.05) is 18.0 Å². The van der Waals surface area contributed by atoms with Crippen LogP contribution in [0.1, 0.15) is 46.9 Å². The monoisotopic (exact) mass is 416 g/mol. The molecular formula is C21H21ClN2O5. The quantitative estimate of drug-likeness (QED) is 0.294. The second-order valence-corrected chi connectivity index (χ2v) is 7.36. The zero-order valence-corrected chi connectivity index (χ0v) is 16.7. The van der Waals surface area contributed by atoms with E-state index in [9.17, 15) is 19.7 Å². The number of piperidine rings is 1. The smallest absolute Gasteiger partial charge is 0.339 e. The normalized spacial score (nSPS) is 14.9. The van der Waals surface area contributed by atoms with Gasteiger partial charge in [0, 0.05) is 29.7 Å². The molecule has 1 aliphatic rings. The Labute approximate surface area is 173 Å². The number of ketones is 1. The Bertz CT molecular complexity index is 923. The number of carbonyl (C=O) groups is 2. The Hall–Kier alpha value is -2.93. The third kappa shape index (κ3) is 4.92. The minimum absolute atomic E-state index is 0.0354. The Morgan fingerprint density at radius 2 is 1.69 bits per heavy atom. The molecule has 2 aromatic rings. The van der Waals surface area contributed by atoms with Crippen LogP contribution in [0.15, 0.2) is 42.5 Å². The molecule has 0 spiro atoms. The van der Waals surface area contributed by atoms with Crippen LogP contribution in [0.25, 0.3) is 0 Å². The number of hydrogen-bond acceptors (Lipinski definition) is 6. The molecule has 8 heteroatoms. The lowest BCUT2D eigenvalue weighted by Crippen LogP contribution is -2.30. The molecule has 0 aliphatic carbocycles. The fraction of sp³-hybridized carbons (Fsp3) is 0.333. The van der Waals surface area contributed by atoms with E-state index in [1.165, 1.54) is 19.1 Å². The molecule has 1 fully saturated rings. The van der Waals surface area contributed by atoms with Gasteiger partial charge in [0.1, 0.15) is 5.69 Å². The maximum absolute atomic E-state index is 12.5. The lowest BCUT2D eigenvalue weighted by atomic mass is 10.1. The number of anilines is 1. The zero-order chi connectivity index (χ0) is 21.0. The zero-order valence-electron chi connectivity index (χ0n) is 16.0. The maximum atomic E-state index is 12.5. The van der Waals surface area contributed by atoms with Crippen molar-refractivity contribution in [3.8, 4) is 0 Å². The number of rotatable bonds is 6. The molecule has 0 bridgehead atoms. The number of ether oxygens (including phenoxy) is 1. The summed E-state index contributed by atoms with van der Waals surface area (Å²) < 4.78 is 5.25. The highest BCUT2D eigenvalue weighted by atomic mass is 35.5. The highest BCUT2D eigenvalue weighted by molar-refractivity contribution is 6.30. The summed E-state index contributed by atoms with van der Waals surface area (Å²) in [6, 6.07) is 10.5. The molecule has 152 valence electrons. The number of benzene rings is 2. The van der Waals surface area contributed by atoms with Crippen LogP contribution in [-0.4, -0.2) is 35.9 Å². The van der Waals surface area contributed by atoms with Gasteiger partial charge < -0.3 is 9.64 Å². The average Bonchev–Trinajstić information content (AvgIpc) is 2.73. The number of esters is 1. The van der Waals surface area contributed by atoms with Crippen LogP contribution in [0.2, 0.25) is 5.02 Å². The minimum atomic E-state index is -1.04. The molecule has 0 saturated carbocycles. The molecule has 0 aromatic heterocycles. The fourth-order valence-electron chi connectivity index (χ4n) is 3.33. The molecule has 3 rings (SSSR count). The molecule has 7 nitrogen and oxygen atoms in total. The average molecular weight is 417 g/mol. The van der Waals surface area contributed by atoms with Gasteiger partial charge in [-0.15, -0.1) is 0 Å². The van der Waals surface area contributed by atoms with Crippen LogP contribution in [0, 0.1) is 10.1 Å². The Morgan fingerprint density at radius 3 is 2.31 bits per heavy atom. The first kappa shape index (κ1) is 20.8. The van der Waals surface area contributed by atoms with Gasteiger partial charge in [-0.25, -0.2) is 4.79 Å². The molecule has 0 unspecified atom stereocenters. The lowest BCUT2D eigenvalue weighted by Gasteiger charge is -2.28. The van der Waals surface area contributed by atoms with Gasteiger partial charge in [0.15, 0.2) is 6.10 Å². The van der Waals surface area contributed by atoms with Crippen molar-refractivity contribution in [1.29, 1.82) is 0 Å². The van der Waals surface area contributed by atoms with E-state index in [1.54, 1.807) is 30.3 Å². The van der Waals surface area contributed by atoms with Gasteiger partial charge in [0.05, 0.1) is 10.5 Å². The number of carbonyl (C=O) groups excluding carboxylic acids is 2. The second kappa shape index (κ2) is 9.05. The van der Waals surface area contributed by atoms with Crippen molar-refractivity contribution in [2.24, 2.45) is 0 Å². The van der Waals surface area contributed by atoms with Crippen molar-refractivity contribution in [3.63, 3.8) is 0 Å². The maximum Gasteiger partial charge on any atom is 0.339 e. The predicted molar refractivity (Wildman–Crippen MR) is 110 cm³/mol. The standard InChI is InChI=1S/C21H21ClN2O5/c1-14(20(25)15-5-8-17(22)9-6-15)29-21(26)16-7-10-18(19(13-16)24(27)28)23-11-3-2-4-12-23/h5-10,13-14H,2-4,11-12H2,1H3/t14-/m0/s1. The van der Waals surface area contributed by atoms with E-state index in [-0.39, 0.29) is 17.0 Å². The Kier molecular flexibility index (Phi) is 6.49. The van der Waals surface area contributed by atoms with Crippen molar-refractivity contribution < 1.29 is 19.2 Å². The summed E-state index contributed by atoms with van der Waals surface area (Å²) in [6.07, 6.45) is 2.02.